The van der Waals surface area contributed by atoms with Crippen molar-refractivity contribution in [2.45, 2.75) is 37.9 Å². The van der Waals surface area contributed by atoms with Gasteiger partial charge in [-0.2, -0.15) is 26.3 Å². The molecule has 2 aliphatic rings. The van der Waals surface area contributed by atoms with Crippen molar-refractivity contribution in [3.8, 4) is 0 Å². The maximum absolute atomic E-state index is 13.2. The van der Waals surface area contributed by atoms with E-state index in [1.165, 1.54) is 13.0 Å². The van der Waals surface area contributed by atoms with Gasteiger partial charge < -0.3 is 19.3 Å². The van der Waals surface area contributed by atoms with Crippen LogP contribution in [0, 0.1) is 5.92 Å². The molecule has 1 aromatic heterocycles. The number of pyridine rings is 1. The number of amides is 2. The minimum absolute atomic E-state index is 0.0271. The Kier molecular flexibility index (Phi) is 9.00. The van der Waals surface area contributed by atoms with E-state index in [9.17, 15) is 35.9 Å². The normalized spacial score (nSPS) is 22.4. The van der Waals surface area contributed by atoms with Gasteiger partial charge in [-0.25, -0.2) is 10.4 Å². The number of hydrogen-bond donors (Lipinski definition) is 2. The van der Waals surface area contributed by atoms with Crippen molar-refractivity contribution in [1.29, 1.82) is 0 Å². The van der Waals surface area contributed by atoms with Gasteiger partial charge in [-0.05, 0) is 19.1 Å². The van der Waals surface area contributed by atoms with Crippen LogP contribution in [0.4, 0.5) is 32.2 Å². The number of anilines is 1. The minimum atomic E-state index is -4.75. The van der Waals surface area contributed by atoms with Gasteiger partial charge in [0.1, 0.15) is 5.82 Å². The lowest BCUT2D eigenvalue weighted by Gasteiger charge is -2.35. The zero-order valence-electron chi connectivity index (χ0n) is 19.4. The molecular weight excluding hydrogens is 500 g/mol. The molecule has 0 saturated carbocycles. The third-order valence-electron chi connectivity index (χ3n) is 5.77. The van der Waals surface area contributed by atoms with Gasteiger partial charge in [0.2, 0.25) is 11.8 Å². The van der Waals surface area contributed by atoms with Crippen LogP contribution < -0.4 is 15.8 Å². The molecule has 3 rings (SSSR count). The Morgan fingerprint density at radius 3 is 2.44 bits per heavy atom. The minimum Gasteiger partial charge on any atom is -0.378 e. The van der Waals surface area contributed by atoms with Crippen LogP contribution >= 0.6 is 0 Å². The van der Waals surface area contributed by atoms with Crippen molar-refractivity contribution < 1.29 is 45.4 Å². The van der Waals surface area contributed by atoms with Gasteiger partial charge in [0.15, 0.2) is 5.92 Å². The summed E-state index contributed by atoms with van der Waals surface area (Å²) in [7, 11) is 0. The number of ether oxygens (including phenoxy) is 2. The first-order valence-electron chi connectivity index (χ1n) is 11.2. The second kappa shape index (κ2) is 11.6. The number of piperazine rings is 1. The van der Waals surface area contributed by atoms with Crippen molar-refractivity contribution in [2.75, 3.05) is 50.8 Å². The predicted octanol–water partition coefficient (Wildman–Crippen LogP) is 1.74. The van der Waals surface area contributed by atoms with Gasteiger partial charge in [0, 0.05) is 38.9 Å². The topological polar surface area (TPSA) is 96.0 Å². The first-order chi connectivity index (χ1) is 16.9. The van der Waals surface area contributed by atoms with E-state index in [-0.39, 0.29) is 32.1 Å². The average Bonchev–Trinajstić information content (AvgIpc) is 2.80. The Morgan fingerprint density at radius 2 is 1.86 bits per heavy atom. The number of nitrogens with one attached hydrogen (secondary N) is 2. The summed E-state index contributed by atoms with van der Waals surface area (Å²) in [5, 5.41) is 0. The van der Waals surface area contributed by atoms with Crippen LogP contribution in [-0.2, 0) is 25.2 Å². The van der Waals surface area contributed by atoms with Crippen LogP contribution in [0.3, 0.4) is 0 Å². The summed E-state index contributed by atoms with van der Waals surface area (Å²) in [5.41, 5.74) is 3.48. The molecule has 0 bridgehead atoms. The van der Waals surface area contributed by atoms with Gasteiger partial charge in [-0.3, -0.25) is 15.0 Å². The fourth-order valence-corrected chi connectivity index (χ4v) is 3.92. The maximum atomic E-state index is 13.2. The lowest BCUT2D eigenvalue weighted by Crippen LogP contribution is -2.60. The molecule has 0 aliphatic carbocycles. The van der Waals surface area contributed by atoms with Gasteiger partial charge in [0.25, 0.3) is 0 Å². The molecule has 1 aromatic rings. The highest BCUT2D eigenvalue weighted by Gasteiger charge is 2.52. The number of halogens is 6. The molecule has 0 aromatic carbocycles. The van der Waals surface area contributed by atoms with Crippen molar-refractivity contribution in [1.82, 2.24) is 20.7 Å². The molecule has 2 aliphatic heterocycles. The molecule has 15 heteroatoms. The summed E-state index contributed by atoms with van der Waals surface area (Å²) in [6.07, 6.45) is -10.5. The number of hydrazine groups is 1. The van der Waals surface area contributed by atoms with Crippen LogP contribution in [0.1, 0.15) is 18.9 Å². The standard InChI is InChI=1S/C21H27F6N5O4/c1-13(36-15-11-29-30-19(34)18(15)21(25,26)27)12-35-9-4-17(33)32-7-5-31(6-8-32)16-3-2-14(10-28-16)20(22,23)24/h2-3,10,13,15,18,29H,4-9,11-12H2,1H3,(H,30,34)/t13-,15?,18?/m0/s1. The first kappa shape index (κ1) is 27.9. The quantitative estimate of drug-likeness (QED) is 0.393. The summed E-state index contributed by atoms with van der Waals surface area (Å²) < 4.78 is 88.3. The monoisotopic (exact) mass is 527 g/mol. The van der Waals surface area contributed by atoms with Crippen LogP contribution in [-0.4, -0.2) is 86.0 Å². The lowest BCUT2D eigenvalue weighted by atomic mass is 9.99. The van der Waals surface area contributed by atoms with Crippen molar-refractivity contribution >= 4 is 17.6 Å². The highest BCUT2D eigenvalue weighted by atomic mass is 19.4. The Morgan fingerprint density at radius 1 is 1.17 bits per heavy atom. The second-order valence-corrected chi connectivity index (χ2v) is 8.47. The maximum Gasteiger partial charge on any atom is 0.417 e. The van der Waals surface area contributed by atoms with Crippen molar-refractivity contribution in [2.24, 2.45) is 5.92 Å². The number of nitrogens with zero attached hydrogens (tertiary/aromatic N) is 3. The lowest BCUT2D eigenvalue weighted by molar-refractivity contribution is -0.219. The van der Waals surface area contributed by atoms with Crippen molar-refractivity contribution in [3.63, 3.8) is 0 Å². The first-order valence-corrected chi connectivity index (χ1v) is 11.2. The molecule has 2 amide bonds. The van der Waals surface area contributed by atoms with Gasteiger partial charge in [0.05, 0.1) is 37.4 Å². The van der Waals surface area contributed by atoms with E-state index in [0.717, 1.165) is 12.3 Å². The Labute approximate surface area is 203 Å². The fourth-order valence-electron chi connectivity index (χ4n) is 3.92. The van der Waals surface area contributed by atoms with E-state index in [4.69, 9.17) is 9.47 Å². The van der Waals surface area contributed by atoms with E-state index in [0.29, 0.717) is 32.0 Å². The molecular formula is C21H27F6N5O4. The van der Waals surface area contributed by atoms with E-state index >= 15 is 0 Å². The van der Waals surface area contributed by atoms with Crippen LogP contribution in [0.5, 0.6) is 0 Å². The molecule has 2 N–H and O–H groups in total. The highest BCUT2D eigenvalue weighted by molar-refractivity contribution is 5.80. The number of aromatic nitrogens is 1. The molecule has 202 valence electrons. The molecule has 0 radical (unpaired) electrons. The molecule has 0 spiro atoms. The second-order valence-electron chi connectivity index (χ2n) is 8.47. The van der Waals surface area contributed by atoms with Gasteiger partial charge in [-0.15, -0.1) is 0 Å². The smallest absolute Gasteiger partial charge is 0.378 e. The van der Waals surface area contributed by atoms with Crippen LogP contribution in [0.2, 0.25) is 0 Å². The Bertz CT molecular complexity index is 890. The third-order valence-corrected chi connectivity index (χ3v) is 5.77. The number of carbonyl (C=O) groups excluding carboxylic acids is 2. The average molecular weight is 527 g/mol. The molecule has 3 atom stereocenters. The molecule has 36 heavy (non-hydrogen) atoms. The predicted molar refractivity (Wildman–Crippen MR) is 113 cm³/mol. The number of carbonyl (C=O) groups is 2. The van der Waals surface area contributed by atoms with E-state index < -0.39 is 41.9 Å². The van der Waals surface area contributed by atoms with E-state index in [2.05, 4.69) is 10.4 Å². The molecule has 2 unspecified atom stereocenters. The third kappa shape index (κ3) is 7.43. The number of alkyl halides is 6. The molecule has 9 nitrogen and oxygen atoms in total. The van der Waals surface area contributed by atoms with Gasteiger partial charge >= 0.3 is 12.4 Å². The number of rotatable bonds is 8. The van der Waals surface area contributed by atoms with Gasteiger partial charge in [-0.1, -0.05) is 0 Å². The number of hydrogen-bond acceptors (Lipinski definition) is 7. The zero-order chi connectivity index (χ0) is 26.5. The Hall–Kier alpha value is -2.65. The van der Waals surface area contributed by atoms with E-state index in [1.54, 1.807) is 9.80 Å². The molecule has 2 fully saturated rings. The summed E-state index contributed by atoms with van der Waals surface area (Å²) in [5.74, 6) is -3.30. The van der Waals surface area contributed by atoms with Crippen molar-refractivity contribution in [3.05, 3.63) is 23.9 Å². The Balaban J connectivity index is 1.36. The SMILES string of the molecule is C[C@@H](COCCC(=O)N1CCN(c2ccc(C(F)(F)F)cn2)CC1)OC1CNNC(=O)C1C(F)(F)F. The van der Waals surface area contributed by atoms with Crippen LogP contribution in [0.15, 0.2) is 18.3 Å². The van der Waals surface area contributed by atoms with Crippen LogP contribution in [0.25, 0.3) is 0 Å². The summed E-state index contributed by atoms with van der Waals surface area (Å²) in [6.45, 7) is 2.78. The fraction of sp³-hybridized carbons (Fsp3) is 0.667. The largest absolute Gasteiger partial charge is 0.417 e. The highest BCUT2D eigenvalue weighted by Crippen LogP contribution is 2.32. The summed E-state index contributed by atoms with van der Waals surface area (Å²) in [4.78, 5) is 31.2. The molecule has 2 saturated heterocycles. The molecule has 3 heterocycles. The summed E-state index contributed by atoms with van der Waals surface area (Å²) in [6, 6.07) is 2.26. The van der Waals surface area contributed by atoms with E-state index in [1.807, 2.05) is 5.43 Å². The summed E-state index contributed by atoms with van der Waals surface area (Å²) >= 11 is 0. The zero-order valence-corrected chi connectivity index (χ0v) is 19.4.